The summed E-state index contributed by atoms with van der Waals surface area (Å²) in [6, 6.07) is 2.40. The van der Waals surface area contributed by atoms with Crippen LogP contribution < -0.4 is 0 Å². The van der Waals surface area contributed by atoms with Gasteiger partial charge in [-0.1, -0.05) is 58.3 Å². The quantitative estimate of drug-likeness (QED) is 0.470. The molecule has 23 heavy (non-hydrogen) atoms. The average Bonchev–Trinajstić information content (AvgIpc) is 2.61. The van der Waals surface area contributed by atoms with E-state index >= 15 is 0 Å². The van der Waals surface area contributed by atoms with Gasteiger partial charge in [0.25, 0.3) is 0 Å². The average molecular weight is 320 g/mol. The molecule has 0 unspecified atom stereocenters. The molecule has 2 saturated carbocycles. The van der Waals surface area contributed by atoms with Gasteiger partial charge in [0, 0.05) is 12.5 Å². The molecule has 0 saturated heterocycles. The number of rotatable bonds is 9. The fourth-order valence-corrected chi connectivity index (χ4v) is 4.47. The summed E-state index contributed by atoms with van der Waals surface area (Å²) >= 11 is 0. The molecular formula is C21H37NO. The highest BCUT2D eigenvalue weighted by atomic mass is 16.5. The maximum atomic E-state index is 8.92. The van der Waals surface area contributed by atoms with E-state index in [-0.39, 0.29) is 0 Å². The van der Waals surface area contributed by atoms with E-state index in [1.807, 2.05) is 0 Å². The van der Waals surface area contributed by atoms with E-state index in [0.29, 0.717) is 12.0 Å². The Morgan fingerprint density at radius 2 is 1.43 bits per heavy atom. The van der Waals surface area contributed by atoms with Gasteiger partial charge in [0.05, 0.1) is 12.2 Å². The molecule has 0 heterocycles. The van der Waals surface area contributed by atoms with E-state index < -0.39 is 0 Å². The van der Waals surface area contributed by atoms with Crippen molar-refractivity contribution in [3.05, 3.63) is 0 Å². The van der Waals surface area contributed by atoms with Crippen LogP contribution in [-0.4, -0.2) is 12.7 Å². The Bertz CT molecular complexity index is 332. The van der Waals surface area contributed by atoms with Gasteiger partial charge >= 0.3 is 0 Å². The molecular weight excluding hydrogens is 282 g/mol. The third-order valence-corrected chi connectivity index (χ3v) is 6.15. The lowest BCUT2D eigenvalue weighted by Crippen LogP contribution is -2.22. The second kappa shape index (κ2) is 11.1. The molecule has 2 aliphatic carbocycles. The van der Waals surface area contributed by atoms with Crippen LogP contribution in [0.5, 0.6) is 0 Å². The molecule has 0 radical (unpaired) electrons. The fourth-order valence-electron chi connectivity index (χ4n) is 4.47. The van der Waals surface area contributed by atoms with E-state index in [0.717, 1.165) is 44.1 Å². The summed E-state index contributed by atoms with van der Waals surface area (Å²) in [6.45, 7) is 3.24. The SMILES string of the molecule is CCCCCC1CCC(CCCOC2CCC(C#N)CC2)CC1. The van der Waals surface area contributed by atoms with Crippen molar-refractivity contribution in [3.8, 4) is 6.07 Å². The topological polar surface area (TPSA) is 33.0 Å². The normalized spacial score (nSPS) is 31.7. The molecule has 0 aromatic heterocycles. The molecule has 0 bridgehead atoms. The number of hydrogen-bond acceptors (Lipinski definition) is 2. The second-order valence-electron chi connectivity index (χ2n) is 8.00. The molecule has 2 aliphatic rings. The van der Waals surface area contributed by atoms with Gasteiger partial charge in [0.1, 0.15) is 0 Å². The summed E-state index contributed by atoms with van der Waals surface area (Å²) in [5.41, 5.74) is 0. The number of nitrogens with zero attached hydrogens (tertiary/aromatic N) is 1. The monoisotopic (exact) mass is 319 g/mol. The van der Waals surface area contributed by atoms with Gasteiger partial charge in [0.2, 0.25) is 0 Å². The molecule has 132 valence electrons. The summed E-state index contributed by atoms with van der Waals surface area (Å²) in [7, 11) is 0. The molecule has 2 rings (SSSR count). The van der Waals surface area contributed by atoms with E-state index in [4.69, 9.17) is 10.00 Å². The highest BCUT2D eigenvalue weighted by Gasteiger charge is 2.22. The highest BCUT2D eigenvalue weighted by Crippen LogP contribution is 2.34. The van der Waals surface area contributed by atoms with Gasteiger partial charge in [-0.15, -0.1) is 0 Å². The molecule has 2 nitrogen and oxygen atoms in total. The third kappa shape index (κ3) is 7.25. The van der Waals surface area contributed by atoms with Gasteiger partial charge in [0.15, 0.2) is 0 Å². The predicted molar refractivity (Wildman–Crippen MR) is 96.1 cm³/mol. The summed E-state index contributed by atoms with van der Waals surface area (Å²) < 4.78 is 6.04. The number of unbranched alkanes of at least 4 members (excludes halogenated alkanes) is 2. The van der Waals surface area contributed by atoms with Gasteiger partial charge < -0.3 is 4.74 Å². The van der Waals surface area contributed by atoms with Gasteiger partial charge in [-0.3, -0.25) is 0 Å². The highest BCUT2D eigenvalue weighted by molar-refractivity contribution is 4.87. The first-order chi connectivity index (χ1) is 11.3. The minimum atomic E-state index is 0.294. The minimum Gasteiger partial charge on any atom is -0.378 e. The minimum absolute atomic E-state index is 0.294. The summed E-state index contributed by atoms with van der Waals surface area (Å²) in [5, 5.41) is 8.92. The van der Waals surface area contributed by atoms with Crippen molar-refractivity contribution in [2.75, 3.05) is 6.61 Å². The fraction of sp³-hybridized carbons (Fsp3) is 0.952. The van der Waals surface area contributed by atoms with Crippen molar-refractivity contribution in [1.82, 2.24) is 0 Å². The van der Waals surface area contributed by atoms with Crippen LogP contribution in [0.25, 0.3) is 0 Å². The number of hydrogen-bond donors (Lipinski definition) is 0. The van der Waals surface area contributed by atoms with Crippen molar-refractivity contribution in [1.29, 1.82) is 5.26 Å². The standard InChI is InChI=1S/C21H37NO/c1-2-3-4-6-18-8-10-19(11-9-18)7-5-16-23-21-14-12-20(17-22)13-15-21/h18-21H,2-16H2,1H3. The Balaban J connectivity index is 1.46. The van der Waals surface area contributed by atoms with Crippen molar-refractivity contribution >= 4 is 0 Å². The molecule has 2 heteroatoms. The van der Waals surface area contributed by atoms with E-state index in [1.54, 1.807) is 0 Å². The van der Waals surface area contributed by atoms with Crippen LogP contribution in [0.15, 0.2) is 0 Å². The van der Waals surface area contributed by atoms with Gasteiger partial charge in [-0.25, -0.2) is 0 Å². The van der Waals surface area contributed by atoms with Crippen molar-refractivity contribution in [2.24, 2.45) is 17.8 Å². The molecule has 2 fully saturated rings. The Labute approximate surface area is 144 Å². The smallest absolute Gasteiger partial charge is 0.0655 e. The Morgan fingerprint density at radius 1 is 0.826 bits per heavy atom. The summed E-state index contributed by atoms with van der Waals surface area (Å²) in [6.07, 6.45) is 18.9. The zero-order valence-corrected chi connectivity index (χ0v) is 15.3. The Hall–Kier alpha value is -0.550. The molecule has 0 spiro atoms. The van der Waals surface area contributed by atoms with Gasteiger partial charge in [-0.2, -0.15) is 5.26 Å². The summed E-state index contributed by atoms with van der Waals surface area (Å²) in [5.74, 6) is 2.29. The molecule has 0 N–H and O–H groups in total. The lowest BCUT2D eigenvalue weighted by Gasteiger charge is -2.29. The predicted octanol–water partition coefficient (Wildman–Crippen LogP) is 6.25. The van der Waals surface area contributed by atoms with Crippen LogP contribution in [-0.2, 0) is 4.74 Å². The van der Waals surface area contributed by atoms with E-state index in [9.17, 15) is 0 Å². The van der Waals surface area contributed by atoms with Crippen LogP contribution in [0.1, 0.15) is 96.8 Å². The summed E-state index contributed by atoms with van der Waals surface area (Å²) in [4.78, 5) is 0. The van der Waals surface area contributed by atoms with E-state index in [2.05, 4.69) is 13.0 Å². The van der Waals surface area contributed by atoms with Crippen molar-refractivity contribution in [3.63, 3.8) is 0 Å². The van der Waals surface area contributed by atoms with Crippen LogP contribution >= 0.6 is 0 Å². The third-order valence-electron chi connectivity index (χ3n) is 6.15. The first-order valence-electron chi connectivity index (χ1n) is 10.3. The van der Waals surface area contributed by atoms with Gasteiger partial charge in [-0.05, 0) is 50.4 Å². The Morgan fingerprint density at radius 3 is 2.00 bits per heavy atom. The largest absolute Gasteiger partial charge is 0.378 e. The molecule has 0 amide bonds. The molecule has 0 aromatic rings. The molecule has 0 aliphatic heterocycles. The molecule has 0 atom stereocenters. The first-order valence-corrected chi connectivity index (χ1v) is 10.3. The van der Waals surface area contributed by atoms with E-state index in [1.165, 1.54) is 64.2 Å². The molecule has 0 aromatic carbocycles. The van der Waals surface area contributed by atoms with Crippen LogP contribution in [0.4, 0.5) is 0 Å². The zero-order chi connectivity index (χ0) is 16.3. The second-order valence-corrected chi connectivity index (χ2v) is 8.00. The van der Waals surface area contributed by atoms with Crippen LogP contribution in [0.3, 0.4) is 0 Å². The Kier molecular flexibility index (Phi) is 9.05. The lowest BCUT2D eigenvalue weighted by molar-refractivity contribution is 0.0187. The van der Waals surface area contributed by atoms with Crippen LogP contribution in [0, 0.1) is 29.1 Å². The first kappa shape index (κ1) is 18.8. The maximum absolute atomic E-state index is 8.92. The lowest BCUT2D eigenvalue weighted by atomic mass is 9.78. The van der Waals surface area contributed by atoms with Crippen molar-refractivity contribution < 1.29 is 4.74 Å². The zero-order valence-electron chi connectivity index (χ0n) is 15.3. The number of ether oxygens (including phenoxy) is 1. The van der Waals surface area contributed by atoms with Crippen molar-refractivity contribution in [2.45, 2.75) is 103 Å². The maximum Gasteiger partial charge on any atom is 0.0655 e. The number of nitriles is 1. The van der Waals surface area contributed by atoms with Crippen LogP contribution in [0.2, 0.25) is 0 Å².